The summed E-state index contributed by atoms with van der Waals surface area (Å²) in [6, 6.07) is 18.9. The molecule has 3 aromatic carbocycles. The van der Waals surface area contributed by atoms with Gasteiger partial charge in [0.1, 0.15) is 5.82 Å². The first kappa shape index (κ1) is 26.9. The Labute approximate surface area is 240 Å². The number of hydrogen-bond acceptors (Lipinski definition) is 5. The first-order chi connectivity index (χ1) is 20.0. The van der Waals surface area contributed by atoms with E-state index in [0.29, 0.717) is 17.3 Å². The third kappa shape index (κ3) is 5.66. The van der Waals surface area contributed by atoms with Gasteiger partial charge >= 0.3 is 5.76 Å². The van der Waals surface area contributed by atoms with Crippen LogP contribution in [0.1, 0.15) is 66.9 Å². The predicted octanol–water partition coefficient (Wildman–Crippen LogP) is 7.74. The Morgan fingerprint density at radius 3 is 2.63 bits per heavy atom. The van der Waals surface area contributed by atoms with Gasteiger partial charge in [-0.2, -0.15) is 5.10 Å². The number of fused-ring (bicyclic) bond motifs is 1. The second kappa shape index (κ2) is 11.7. The van der Waals surface area contributed by atoms with Crippen molar-refractivity contribution in [1.82, 2.24) is 19.9 Å². The lowest BCUT2D eigenvalue weighted by Crippen LogP contribution is -2.18. The molecule has 3 heterocycles. The minimum Gasteiger partial charge on any atom is -0.356 e. The molecule has 1 aliphatic rings. The normalized spacial score (nSPS) is 16.4. The molecule has 0 radical (unpaired) electrons. The standard InChI is InChI=1S/C32H28ClFN4O3/c1-2-25(26-13-12-24(34)18-27(26)33)31(21-9-6-20(7-10-21)8-15-29-36-32(39)41-37-29)22-11-14-28-23(17-22)19-35-38(28)30-5-3-4-16-40-30/h6-15,17-19,30H,2-5,16H2,1H3,(H,36,37,39)/b15-8+,31-25+. The van der Waals surface area contributed by atoms with E-state index in [4.69, 9.17) is 16.3 Å². The van der Waals surface area contributed by atoms with E-state index >= 15 is 0 Å². The van der Waals surface area contributed by atoms with Crippen molar-refractivity contribution in [2.75, 3.05) is 6.61 Å². The Morgan fingerprint density at radius 1 is 1.10 bits per heavy atom. The lowest BCUT2D eigenvalue weighted by Gasteiger charge is -2.23. The average Bonchev–Trinajstić information content (AvgIpc) is 3.61. The molecule has 41 heavy (non-hydrogen) atoms. The van der Waals surface area contributed by atoms with Crippen molar-refractivity contribution in [1.29, 1.82) is 0 Å². The molecule has 0 bridgehead atoms. The molecule has 1 unspecified atom stereocenters. The van der Waals surface area contributed by atoms with E-state index in [1.54, 1.807) is 12.1 Å². The maximum Gasteiger partial charge on any atom is 0.439 e. The van der Waals surface area contributed by atoms with Gasteiger partial charge in [-0.3, -0.25) is 9.51 Å². The highest BCUT2D eigenvalue weighted by molar-refractivity contribution is 6.32. The van der Waals surface area contributed by atoms with E-state index in [1.807, 2.05) is 41.2 Å². The highest BCUT2D eigenvalue weighted by Crippen LogP contribution is 2.39. The van der Waals surface area contributed by atoms with E-state index in [1.165, 1.54) is 12.1 Å². The first-order valence-corrected chi connectivity index (χ1v) is 14.0. The fourth-order valence-corrected chi connectivity index (χ4v) is 5.64. The second-order valence-electron chi connectivity index (χ2n) is 9.95. The van der Waals surface area contributed by atoms with Gasteiger partial charge in [0.05, 0.1) is 16.7 Å². The molecule has 0 saturated carbocycles. The lowest BCUT2D eigenvalue weighted by atomic mass is 9.87. The van der Waals surface area contributed by atoms with Gasteiger partial charge in [-0.1, -0.05) is 66.2 Å². The second-order valence-corrected chi connectivity index (χ2v) is 10.4. The summed E-state index contributed by atoms with van der Waals surface area (Å²) < 4.78 is 26.5. The van der Waals surface area contributed by atoms with Crippen LogP contribution in [-0.4, -0.2) is 26.5 Å². The zero-order chi connectivity index (χ0) is 28.3. The summed E-state index contributed by atoms with van der Waals surface area (Å²) in [5.74, 6) is -0.638. The van der Waals surface area contributed by atoms with Crippen molar-refractivity contribution in [3.05, 3.63) is 116 Å². The molecule has 1 saturated heterocycles. The topological polar surface area (TPSA) is 85.9 Å². The number of allylic oxidation sites excluding steroid dienone is 1. The van der Waals surface area contributed by atoms with Crippen LogP contribution in [0.3, 0.4) is 0 Å². The molecule has 7 nitrogen and oxygen atoms in total. The van der Waals surface area contributed by atoms with Gasteiger partial charge in [0.2, 0.25) is 0 Å². The maximum absolute atomic E-state index is 14.0. The van der Waals surface area contributed by atoms with Crippen molar-refractivity contribution in [3.8, 4) is 0 Å². The van der Waals surface area contributed by atoms with Gasteiger partial charge in [-0.05, 0) is 89.4 Å². The highest BCUT2D eigenvalue weighted by Gasteiger charge is 2.20. The number of H-pyrrole nitrogens is 1. The monoisotopic (exact) mass is 570 g/mol. The SMILES string of the molecule is CC/C(=C(/c1ccc(/C=C/c2noc(=O)[nH]2)cc1)c1ccc2c(cnn2C2CCCCO2)c1)c1ccc(F)cc1Cl. The number of ether oxygens (including phenoxy) is 1. The third-order valence-corrected chi connectivity index (χ3v) is 7.63. The average molecular weight is 571 g/mol. The summed E-state index contributed by atoms with van der Waals surface area (Å²) in [5.41, 5.74) is 6.71. The molecule has 5 aromatic rings. The molecule has 9 heteroatoms. The maximum atomic E-state index is 14.0. The van der Waals surface area contributed by atoms with E-state index in [-0.39, 0.29) is 12.0 Å². The van der Waals surface area contributed by atoms with Gasteiger partial charge in [-0.25, -0.2) is 13.9 Å². The molecule has 1 aliphatic heterocycles. The fourth-order valence-electron chi connectivity index (χ4n) is 5.35. The Hall–Kier alpha value is -4.27. The van der Waals surface area contributed by atoms with Crippen LogP contribution in [0.2, 0.25) is 5.02 Å². The smallest absolute Gasteiger partial charge is 0.356 e. The Kier molecular flexibility index (Phi) is 7.67. The van der Waals surface area contributed by atoms with Crippen LogP contribution in [-0.2, 0) is 4.74 Å². The lowest BCUT2D eigenvalue weighted by molar-refractivity contribution is -0.0366. The molecule has 208 valence electrons. The van der Waals surface area contributed by atoms with Gasteiger partial charge in [0, 0.05) is 12.0 Å². The minimum absolute atomic E-state index is 0.0537. The number of aromatic amines is 1. The molecule has 0 aliphatic carbocycles. The summed E-state index contributed by atoms with van der Waals surface area (Å²) in [4.78, 5) is 13.7. The zero-order valence-corrected chi connectivity index (χ0v) is 23.2. The molecule has 6 rings (SSSR count). The summed E-state index contributed by atoms with van der Waals surface area (Å²) in [7, 11) is 0. The van der Waals surface area contributed by atoms with Crippen molar-refractivity contribution in [2.24, 2.45) is 0 Å². The number of nitrogens with zero attached hydrogens (tertiary/aromatic N) is 3. The van der Waals surface area contributed by atoms with Crippen LogP contribution < -0.4 is 5.76 Å². The number of rotatable bonds is 7. The number of aromatic nitrogens is 4. The van der Waals surface area contributed by atoms with E-state index < -0.39 is 5.76 Å². The number of hydrogen-bond donors (Lipinski definition) is 1. The number of halogens is 2. The molecule has 1 N–H and O–H groups in total. The molecule has 2 aromatic heterocycles. The van der Waals surface area contributed by atoms with Crippen LogP contribution >= 0.6 is 11.6 Å². The van der Waals surface area contributed by atoms with Gasteiger partial charge in [0.15, 0.2) is 12.1 Å². The Bertz CT molecular complexity index is 1810. The molecular weight excluding hydrogens is 543 g/mol. The van der Waals surface area contributed by atoms with Crippen LogP contribution in [0, 0.1) is 5.82 Å². The summed E-state index contributed by atoms with van der Waals surface area (Å²) in [5, 5.41) is 9.71. The van der Waals surface area contributed by atoms with Crippen molar-refractivity contribution in [2.45, 2.75) is 38.8 Å². The van der Waals surface area contributed by atoms with Crippen molar-refractivity contribution < 1.29 is 13.7 Å². The van der Waals surface area contributed by atoms with E-state index in [9.17, 15) is 9.18 Å². The summed E-state index contributed by atoms with van der Waals surface area (Å²) in [6.45, 7) is 2.82. The highest BCUT2D eigenvalue weighted by atomic mass is 35.5. The quantitative estimate of drug-likeness (QED) is 0.202. The summed E-state index contributed by atoms with van der Waals surface area (Å²) >= 11 is 6.58. The van der Waals surface area contributed by atoms with Crippen LogP contribution in [0.15, 0.2) is 76.2 Å². The van der Waals surface area contributed by atoms with Gasteiger partial charge in [0.25, 0.3) is 0 Å². The Balaban J connectivity index is 1.45. The third-order valence-electron chi connectivity index (χ3n) is 7.31. The molecule has 1 atom stereocenters. The van der Waals surface area contributed by atoms with E-state index in [0.717, 1.165) is 70.2 Å². The molecular formula is C32H28ClFN4O3. The predicted molar refractivity (Wildman–Crippen MR) is 159 cm³/mol. The number of nitrogens with one attached hydrogen (secondary N) is 1. The van der Waals surface area contributed by atoms with E-state index in [2.05, 4.69) is 44.9 Å². The summed E-state index contributed by atoms with van der Waals surface area (Å²) in [6.07, 6.45) is 9.16. The van der Waals surface area contributed by atoms with Crippen molar-refractivity contribution in [3.63, 3.8) is 0 Å². The van der Waals surface area contributed by atoms with Crippen LogP contribution in [0.4, 0.5) is 4.39 Å². The fraction of sp³-hybridized carbons (Fsp3) is 0.219. The van der Waals surface area contributed by atoms with Gasteiger partial charge in [-0.15, -0.1) is 0 Å². The molecule has 0 spiro atoms. The minimum atomic E-state index is -0.602. The largest absolute Gasteiger partial charge is 0.439 e. The van der Waals surface area contributed by atoms with Gasteiger partial charge < -0.3 is 4.74 Å². The Morgan fingerprint density at radius 2 is 1.93 bits per heavy atom. The molecule has 1 fully saturated rings. The number of benzene rings is 3. The molecule has 0 amide bonds. The first-order valence-electron chi connectivity index (χ1n) is 13.6. The van der Waals surface area contributed by atoms with Crippen molar-refractivity contribution >= 4 is 45.8 Å². The zero-order valence-electron chi connectivity index (χ0n) is 22.4. The van der Waals surface area contributed by atoms with Crippen LogP contribution in [0.5, 0.6) is 0 Å². The van der Waals surface area contributed by atoms with Crippen LogP contribution in [0.25, 0.3) is 34.2 Å².